The molecule has 10 heteroatoms. The van der Waals surface area contributed by atoms with Crippen molar-refractivity contribution in [3.05, 3.63) is 130 Å². The first-order valence-electron chi connectivity index (χ1n) is 15.3. The zero-order valence-corrected chi connectivity index (χ0v) is 28.5. The summed E-state index contributed by atoms with van der Waals surface area (Å²) in [7, 11) is -4.17. The summed E-state index contributed by atoms with van der Waals surface area (Å²) < 4.78 is 29.3. The fraction of sp³-hybridized carbons (Fsp3) is 0.278. The largest absolute Gasteiger partial charge is 0.352 e. The minimum atomic E-state index is -4.17. The first kappa shape index (κ1) is 35.0. The zero-order valence-electron chi connectivity index (χ0n) is 26.2. The topological polar surface area (TPSA) is 86.8 Å². The molecule has 0 aliphatic rings. The number of carbonyl (C=O) groups is 2. The van der Waals surface area contributed by atoms with Gasteiger partial charge >= 0.3 is 0 Å². The molecule has 0 aromatic heterocycles. The van der Waals surface area contributed by atoms with E-state index in [4.69, 9.17) is 23.2 Å². The number of sulfonamides is 1. The molecule has 4 rings (SSSR count). The highest BCUT2D eigenvalue weighted by Crippen LogP contribution is 2.27. The summed E-state index contributed by atoms with van der Waals surface area (Å²) in [6, 6.07) is 28.3. The lowest BCUT2D eigenvalue weighted by Gasteiger charge is -2.34. The predicted octanol–water partition coefficient (Wildman–Crippen LogP) is 7.31. The average molecular weight is 681 g/mol. The van der Waals surface area contributed by atoms with Crippen LogP contribution in [-0.2, 0) is 39.0 Å². The molecule has 2 amide bonds. The first-order chi connectivity index (χ1) is 22.0. The second kappa shape index (κ2) is 16.1. The van der Waals surface area contributed by atoms with Gasteiger partial charge in [-0.3, -0.25) is 13.9 Å². The van der Waals surface area contributed by atoms with Gasteiger partial charge in [0.05, 0.1) is 10.6 Å². The third-order valence-electron chi connectivity index (χ3n) is 7.87. The van der Waals surface area contributed by atoms with Gasteiger partial charge in [0.1, 0.15) is 12.6 Å². The molecule has 1 N–H and O–H groups in total. The fourth-order valence-electron chi connectivity index (χ4n) is 4.97. The molecule has 0 saturated carbocycles. The Morgan fingerprint density at radius 2 is 1.46 bits per heavy atom. The van der Waals surface area contributed by atoms with Gasteiger partial charge in [-0.2, -0.15) is 0 Å². The Kier molecular flexibility index (Phi) is 12.3. The maximum absolute atomic E-state index is 14.6. The molecule has 0 radical (unpaired) electrons. The summed E-state index contributed by atoms with van der Waals surface area (Å²) in [5.74, 6) is -0.910. The summed E-state index contributed by atoms with van der Waals surface area (Å²) in [5.41, 5.74) is 2.77. The van der Waals surface area contributed by atoms with Crippen molar-refractivity contribution < 1.29 is 18.0 Å². The van der Waals surface area contributed by atoms with Crippen molar-refractivity contribution in [2.45, 2.75) is 63.6 Å². The number of halogens is 2. The van der Waals surface area contributed by atoms with Gasteiger partial charge in [-0.1, -0.05) is 104 Å². The minimum absolute atomic E-state index is 0.0463. The highest BCUT2D eigenvalue weighted by atomic mass is 35.5. The van der Waals surface area contributed by atoms with E-state index in [1.165, 1.54) is 17.0 Å². The fourth-order valence-corrected chi connectivity index (χ4v) is 6.88. The van der Waals surface area contributed by atoms with E-state index in [0.717, 1.165) is 21.9 Å². The van der Waals surface area contributed by atoms with Crippen LogP contribution in [0.25, 0.3) is 0 Å². The summed E-state index contributed by atoms with van der Waals surface area (Å²) in [6.45, 7) is 5.27. The third-order valence-corrected chi connectivity index (χ3v) is 10.2. The molecule has 4 aromatic rings. The SMILES string of the molecule is CCc1ccc(N(CC(=O)N(Cc2ccc(Cl)cc2Cl)[C@@H](Cc2ccccc2)C(=O)N[C@@H](C)CC)S(=O)(=O)c2ccccc2)cc1. The molecule has 0 aliphatic carbocycles. The Balaban J connectivity index is 1.82. The molecule has 0 saturated heterocycles. The smallest absolute Gasteiger partial charge is 0.264 e. The Morgan fingerprint density at radius 3 is 2.04 bits per heavy atom. The van der Waals surface area contributed by atoms with Gasteiger partial charge in [-0.25, -0.2) is 8.42 Å². The van der Waals surface area contributed by atoms with E-state index in [9.17, 15) is 18.0 Å². The lowest BCUT2D eigenvalue weighted by atomic mass is 10.0. The Hall–Kier alpha value is -3.85. The molecular formula is C36H39Cl2N3O4S. The summed E-state index contributed by atoms with van der Waals surface area (Å²) >= 11 is 12.8. The van der Waals surface area contributed by atoms with Crippen molar-refractivity contribution >= 4 is 50.7 Å². The van der Waals surface area contributed by atoms with E-state index in [1.807, 2.05) is 63.2 Å². The molecule has 0 aliphatic heterocycles. The normalized spacial score (nSPS) is 12.6. The van der Waals surface area contributed by atoms with E-state index in [1.54, 1.807) is 48.5 Å². The number of aryl methyl sites for hydroxylation is 1. The van der Waals surface area contributed by atoms with Crippen molar-refractivity contribution in [1.82, 2.24) is 10.2 Å². The highest BCUT2D eigenvalue weighted by Gasteiger charge is 2.35. The lowest BCUT2D eigenvalue weighted by molar-refractivity contribution is -0.140. The molecule has 242 valence electrons. The standard InChI is InChI=1S/C36H39Cl2N3O4S/c1-4-26(3)39-36(43)34(22-28-12-8-6-9-13-28)40(24-29-18-19-30(37)23-33(29)38)35(42)25-41(31-20-16-27(5-2)17-21-31)46(44,45)32-14-10-7-11-15-32/h6-21,23,26,34H,4-5,22,24-25H2,1-3H3,(H,39,43)/t26-,34-/m0/s1. The van der Waals surface area contributed by atoms with Crippen LogP contribution in [0.5, 0.6) is 0 Å². The van der Waals surface area contributed by atoms with E-state index in [-0.39, 0.29) is 29.8 Å². The van der Waals surface area contributed by atoms with E-state index < -0.39 is 28.5 Å². The van der Waals surface area contributed by atoms with E-state index in [0.29, 0.717) is 27.7 Å². The number of amides is 2. The van der Waals surface area contributed by atoms with Crippen molar-refractivity contribution in [1.29, 1.82) is 0 Å². The lowest BCUT2D eigenvalue weighted by Crippen LogP contribution is -2.54. The quantitative estimate of drug-likeness (QED) is 0.151. The number of nitrogens with zero attached hydrogens (tertiary/aromatic N) is 2. The van der Waals surface area contributed by atoms with Crippen LogP contribution in [0, 0.1) is 0 Å². The number of benzene rings is 4. The Morgan fingerprint density at radius 1 is 0.826 bits per heavy atom. The van der Waals surface area contributed by atoms with Crippen LogP contribution in [0.1, 0.15) is 43.9 Å². The van der Waals surface area contributed by atoms with Crippen molar-refractivity contribution in [2.24, 2.45) is 0 Å². The van der Waals surface area contributed by atoms with Crippen LogP contribution in [0.4, 0.5) is 5.69 Å². The number of anilines is 1. The predicted molar refractivity (Wildman–Crippen MR) is 186 cm³/mol. The molecule has 0 unspecified atom stereocenters. The number of hydrogen-bond donors (Lipinski definition) is 1. The Bertz CT molecular complexity index is 1720. The number of rotatable bonds is 14. The van der Waals surface area contributed by atoms with Gasteiger partial charge in [-0.15, -0.1) is 0 Å². The van der Waals surface area contributed by atoms with Crippen molar-refractivity contribution in [3.63, 3.8) is 0 Å². The summed E-state index contributed by atoms with van der Waals surface area (Å²) in [5, 5.41) is 3.79. The monoisotopic (exact) mass is 679 g/mol. The molecule has 0 heterocycles. The van der Waals surface area contributed by atoms with Gasteiger partial charge in [0.25, 0.3) is 10.0 Å². The average Bonchev–Trinajstić information content (AvgIpc) is 3.06. The zero-order chi connectivity index (χ0) is 33.3. The second-order valence-corrected chi connectivity index (χ2v) is 13.8. The van der Waals surface area contributed by atoms with Gasteiger partial charge in [-0.05, 0) is 72.9 Å². The molecular weight excluding hydrogens is 641 g/mol. The van der Waals surface area contributed by atoms with E-state index in [2.05, 4.69) is 5.32 Å². The maximum atomic E-state index is 14.6. The van der Waals surface area contributed by atoms with Crippen LogP contribution in [0.15, 0.2) is 108 Å². The second-order valence-electron chi connectivity index (χ2n) is 11.1. The van der Waals surface area contributed by atoms with Crippen LogP contribution < -0.4 is 9.62 Å². The van der Waals surface area contributed by atoms with Crippen LogP contribution in [0.3, 0.4) is 0 Å². The van der Waals surface area contributed by atoms with E-state index >= 15 is 0 Å². The van der Waals surface area contributed by atoms with Crippen LogP contribution in [0.2, 0.25) is 10.0 Å². The van der Waals surface area contributed by atoms with Gasteiger partial charge in [0, 0.05) is 29.1 Å². The van der Waals surface area contributed by atoms with Gasteiger partial charge < -0.3 is 10.2 Å². The number of hydrogen-bond acceptors (Lipinski definition) is 4. The minimum Gasteiger partial charge on any atom is -0.352 e. The molecule has 46 heavy (non-hydrogen) atoms. The molecule has 0 fully saturated rings. The molecule has 0 bridgehead atoms. The van der Waals surface area contributed by atoms with Crippen LogP contribution >= 0.6 is 23.2 Å². The number of carbonyl (C=O) groups excluding carboxylic acids is 2. The van der Waals surface area contributed by atoms with Crippen molar-refractivity contribution in [2.75, 3.05) is 10.8 Å². The van der Waals surface area contributed by atoms with Gasteiger partial charge in [0.2, 0.25) is 11.8 Å². The van der Waals surface area contributed by atoms with Crippen LogP contribution in [-0.4, -0.2) is 43.8 Å². The highest BCUT2D eigenvalue weighted by molar-refractivity contribution is 7.92. The maximum Gasteiger partial charge on any atom is 0.264 e. The summed E-state index contributed by atoms with van der Waals surface area (Å²) in [6.07, 6.45) is 1.67. The third kappa shape index (κ3) is 8.90. The van der Waals surface area contributed by atoms with Gasteiger partial charge in [0.15, 0.2) is 0 Å². The number of nitrogens with one attached hydrogen (secondary N) is 1. The van der Waals surface area contributed by atoms with Crippen molar-refractivity contribution in [3.8, 4) is 0 Å². The first-order valence-corrected chi connectivity index (χ1v) is 17.5. The summed E-state index contributed by atoms with van der Waals surface area (Å²) in [4.78, 5) is 30.0. The Labute approximate surface area is 282 Å². The molecule has 0 spiro atoms. The molecule has 2 atom stereocenters. The molecule has 4 aromatic carbocycles. The molecule has 7 nitrogen and oxygen atoms in total.